The minimum atomic E-state index is -0.403. The summed E-state index contributed by atoms with van der Waals surface area (Å²) in [6.07, 6.45) is 7.41. The van der Waals surface area contributed by atoms with Crippen LogP contribution in [0.4, 0.5) is 4.79 Å². The molecule has 0 saturated carbocycles. The Morgan fingerprint density at radius 2 is 1.66 bits per heavy atom. The molecular formula is C23H20BrN3O2. The fraction of sp³-hybridized carbons (Fsp3) is 0.174. The van der Waals surface area contributed by atoms with Gasteiger partial charge < -0.3 is 10.1 Å². The van der Waals surface area contributed by atoms with Gasteiger partial charge >= 0.3 is 6.09 Å². The van der Waals surface area contributed by atoms with E-state index >= 15 is 0 Å². The smallest absolute Gasteiger partial charge is 0.407 e. The van der Waals surface area contributed by atoms with E-state index < -0.39 is 6.09 Å². The largest absolute Gasteiger partial charge is 0.449 e. The van der Waals surface area contributed by atoms with Crippen molar-refractivity contribution in [2.75, 3.05) is 13.2 Å². The van der Waals surface area contributed by atoms with Crippen LogP contribution in [-0.2, 0) is 4.74 Å². The van der Waals surface area contributed by atoms with Crippen LogP contribution < -0.4 is 5.32 Å². The van der Waals surface area contributed by atoms with E-state index in [1.165, 1.54) is 22.3 Å². The van der Waals surface area contributed by atoms with Crippen molar-refractivity contribution < 1.29 is 9.53 Å². The van der Waals surface area contributed by atoms with Gasteiger partial charge in [-0.05, 0) is 50.7 Å². The molecule has 1 N–H and O–H groups in total. The van der Waals surface area contributed by atoms with Crippen LogP contribution in [0.1, 0.15) is 29.3 Å². The second-order valence-corrected chi connectivity index (χ2v) is 7.62. The predicted octanol–water partition coefficient (Wildman–Crippen LogP) is 5.18. The SMILES string of the molecule is O=C(NCCC=Cc1ncc(Br)cn1)OCC1c2ccccc2-c2ccccc21. The highest BCUT2D eigenvalue weighted by Gasteiger charge is 2.28. The van der Waals surface area contributed by atoms with Gasteiger partial charge in [0.25, 0.3) is 0 Å². The summed E-state index contributed by atoms with van der Waals surface area (Å²) in [5.74, 6) is 0.705. The van der Waals surface area contributed by atoms with E-state index in [4.69, 9.17) is 4.74 Å². The minimum Gasteiger partial charge on any atom is -0.449 e. The first-order valence-electron chi connectivity index (χ1n) is 9.45. The molecule has 146 valence electrons. The molecule has 0 aliphatic heterocycles. The predicted molar refractivity (Wildman–Crippen MR) is 116 cm³/mol. The van der Waals surface area contributed by atoms with Gasteiger partial charge in [-0.1, -0.05) is 54.6 Å². The molecule has 2 aromatic carbocycles. The monoisotopic (exact) mass is 449 g/mol. The summed E-state index contributed by atoms with van der Waals surface area (Å²) >= 11 is 3.30. The zero-order chi connectivity index (χ0) is 20.1. The highest BCUT2D eigenvalue weighted by Crippen LogP contribution is 2.44. The van der Waals surface area contributed by atoms with Crippen LogP contribution in [-0.4, -0.2) is 29.2 Å². The number of benzene rings is 2. The Bertz CT molecular complexity index is 989. The molecule has 29 heavy (non-hydrogen) atoms. The fourth-order valence-corrected chi connectivity index (χ4v) is 3.71. The Labute approximate surface area is 178 Å². The lowest BCUT2D eigenvalue weighted by atomic mass is 9.98. The van der Waals surface area contributed by atoms with Gasteiger partial charge in [-0.25, -0.2) is 14.8 Å². The number of halogens is 1. The number of rotatable bonds is 6. The first kappa shape index (κ1) is 19.3. The molecule has 1 aliphatic carbocycles. The van der Waals surface area contributed by atoms with Gasteiger partial charge in [0.1, 0.15) is 6.61 Å². The molecule has 1 aromatic heterocycles. The molecule has 0 saturated heterocycles. The number of ether oxygens (including phenoxy) is 1. The highest BCUT2D eigenvalue weighted by atomic mass is 79.9. The first-order chi connectivity index (χ1) is 14.2. The van der Waals surface area contributed by atoms with E-state index in [-0.39, 0.29) is 5.92 Å². The third kappa shape index (κ3) is 4.54. The summed E-state index contributed by atoms with van der Waals surface area (Å²) in [6.45, 7) is 0.812. The summed E-state index contributed by atoms with van der Waals surface area (Å²) in [5, 5.41) is 2.79. The lowest BCUT2D eigenvalue weighted by Gasteiger charge is -2.14. The number of amides is 1. The van der Waals surface area contributed by atoms with Crippen molar-refractivity contribution >= 4 is 28.1 Å². The first-order valence-corrected chi connectivity index (χ1v) is 10.2. The van der Waals surface area contributed by atoms with Gasteiger partial charge in [0.05, 0.1) is 4.47 Å². The Balaban J connectivity index is 1.27. The second-order valence-electron chi connectivity index (χ2n) is 6.70. The number of fused-ring (bicyclic) bond motifs is 3. The molecule has 0 atom stereocenters. The summed E-state index contributed by atoms with van der Waals surface area (Å²) < 4.78 is 6.35. The third-order valence-corrected chi connectivity index (χ3v) is 5.24. The van der Waals surface area contributed by atoms with Crippen LogP contribution in [0.15, 0.2) is 71.5 Å². The van der Waals surface area contributed by atoms with Crippen LogP contribution in [0.2, 0.25) is 0 Å². The van der Waals surface area contributed by atoms with E-state index in [1.54, 1.807) is 12.4 Å². The standard InChI is InChI=1S/C23H20BrN3O2/c24-16-13-26-22(27-14-16)11-5-6-12-25-23(28)29-15-21-19-9-3-1-7-17(19)18-8-2-4-10-20(18)21/h1-5,7-11,13-14,21H,6,12,15H2,(H,25,28). The molecule has 1 aliphatic rings. The number of hydrogen-bond acceptors (Lipinski definition) is 4. The number of hydrogen-bond donors (Lipinski definition) is 1. The van der Waals surface area contributed by atoms with Gasteiger partial charge in [0.15, 0.2) is 5.82 Å². The normalized spacial score (nSPS) is 12.6. The van der Waals surface area contributed by atoms with E-state index in [9.17, 15) is 4.79 Å². The van der Waals surface area contributed by atoms with Crippen molar-refractivity contribution in [3.05, 3.63) is 88.4 Å². The summed E-state index contributed by atoms with van der Waals surface area (Å²) in [6, 6.07) is 16.6. The number of aromatic nitrogens is 2. The Kier molecular flexibility index (Phi) is 6.00. The van der Waals surface area contributed by atoms with Gasteiger partial charge in [-0.15, -0.1) is 0 Å². The minimum absolute atomic E-state index is 0.0719. The van der Waals surface area contributed by atoms with Crippen molar-refractivity contribution in [2.45, 2.75) is 12.3 Å². The van der Waals surface area contributed by atoms with Crippen molar-refractivity contribution in [1.82, 2.24) is 15.3 Å². The van der Waals surface area contributed by atoms with Gasteiger partial charge in [-0.3, -0.25) is 0 Å². The van der Waals surface area contributed by atoms with Gasteiger partial charge in [0, 0.05) is 24.9 Å². The highest BCUT2D eigenvalue weighted by molar-refractivity contribution is 9.10. The number of nitrogens with one attached hydrogen (secondary N) is 1. The lowest BCUT2D eigenvalue weighted by Crippen LogP contribution is -2.26. The second kappa shape index (κ2) is 9.01. The lowest BCUT2D eigenvalue weighted by molar-refractivity contribution is 0.143. The molecule has 0 unspecified atom stereocenters. The van der Waals surface area contributed by atoms with Crippen molar-refractivity contribution in [2.24, 2.45) is 0 Å². The van der Waals surface area contributed by atoms with E-state index in [0.717, 1.165) is 4.47 Å². The zero-order valence-electron chi connectivity index (χ0n) is 15.7. The summed E-state index contributed by atoms with van der Waals surface area (Å²) in [7, 11) is 0. The molecule has 5 nitrogen and oxygen atoms in total. The number of carbonyl (C=O) groups is 1. The average molecular weight is 450 g/mol. The third-order valence-electron chi connectivity index (χ3n) is 4.83. The molecule has 1 amide bonds. The zero-order valence-corrected chi connectivity index (χ0v) is 17.3. The van der Waals surface area contributed by atoms with Crippen LogP contribution in [0, 0.1) is 0 Å². The Morgan fingerprint density at radius 1 is 1.03 bits per heavy atom. The van der Waals surface area contributed by atoms with Crippen molar-refractivity contribution in [3.63, 3.8) is 0 Å². The fourth-order valence-electron chi connectivity index (χ4n) is 3.50. The van der Waals surface area contributed by atoms with Crippen LogP contribution in [0.5, 0.6) is 0 Å². The number of nitrogens with zero attached hydrogens (tertiary/aromatic N) is 2. The topological polar surface area (TPSA) is 64.1 Å². The maximum Gasteiger partial charge on any atom is 0.407 e. The van der Waals surface area contributed by atoms with Crippen molar-refractivity contribution in [1.29, 1.82) is 0 Å². The van der Waals surface area contributed by atoms with E-state index in [0.29, 0.717) is 25.4 Å². The van der Waals surface area contributed by atoms with Crippen LogP contribution in [0.25, 0.3) is 17.2 Å². The average Bonchev–Trinajstić information content (AvgIpc) is 3.07. The van der Waals surface area contributed by atoms with Gasteiger partial charge in [-0.2, -0.15) is 0 Å². The summed E-state index contributed by atoms with van der Waals surface area (Å²) in [5.41, 5.74) is 4.85. The quantitative estimate of drug-likeness (QED) is 0.526. The molecule has 3 aromatic rings. The molecule has 4 rings (SSSR count). The Hall–Kier alpha value is -2.99. The molecule has 1 heterocycles. The maximum atomic E-state index is 12.1. The van der Waals surface area contributed by atoms with Crippen LogP contribution in [0.3, 0.4) is 0 Å². The molecule has 6 heteroatoms. The molecule has 0 radical (unpaired) electrons. The number of alkyl carbamates (subject to hydrolysis) is 1. The van der Waals surface area contributed by atoms with Crippen molar-refractivity contribution in [3.8, 4) is 11.1 Å². The summed E-state index contributed by atoms with van der Waals surface area (Å²) in [4.78, 5) is 20.4. The van der Waals surface area contributed by atoms with E-state index in [1.807, 2.05) is 36.4 Å². The van der Waals surface area contributed by atoms with Gasteiger partial charge in [0.2, 0.25) is 0 Å². The molecule has 0 bridgehead atoms. The van der Waals surface area contributed by atoms with E-state index in [2.05, 4.69) is 55.5 Å². The number of carbonyl (C=O) groups excluding carboxylic acids is 1. The Morgan fingerprint density at radius 3 is 2.31 bits per heavy atom. The molecule has 0 spiro atoms. The van der Waals surface area contributed by atoms with Crippen LogP contribution >= 0.6 is 15.9 Å². The molecule has 0 fully saturated rings. The molecular weight excluding hydrogens is 430 g/mol. The maximum absolute atomic E-state index is 12.1.